The summed E-state index contributed by atoms with van der Waals surface area (Å²) >= 11 is 0. The van der Waals surface area contributed by atoms with Crippen molar-refractivity contribution in [2.45, 2.75) is 141 Å². The Morgan fingerprint density at radius 1 is 0.878 bits per heavy atom. The first kappa shape index (κ1) is 32.7. The highest BCUT2D eigenvalue weighted by atomic mass is 16.6. The van der Waals surface area contributed by atoms with Crippen molar-refractivity contribution in [2.75, 3.05) is 6.61 Å². The van der Waals surface area contributed by atoms with E-state index in [0.717, 1.165) is 38.5 Å². The number of aliphatic hydroxyl groups excluding tert-OH is 1. The van der Waals surface area contributed by atoms with Crippen molar-refractivity contribution in [3.63, 3.8) is 0 Å². The molecule has 0 unspecified atom stereocenters. The molecule has 1 aliphatic rings. The van der Waals surface area contributed by atoms with Crippen LogP contribution in [0.3, 0.4) is 0 Å². The van der Waals surface area contributed by atoms with E-state index in [4.69, 9.17) is 14.2 Å². The monoisotopic (exact) mass is 576 g/mol. The zero-order chi connectivity index (χ0) is 29.5. The molecule has 0 aliphatic carbocycles. The van der Waals surface area contributed by atoms with E-state index in [2.05, 4.69) is 28.9 Å². The summed E-state index contributed by atoms with van der Waals surface area (Å²) in [5, 5.41) is 14.6. The number of carbonyl (C=O) groups is 2. The van der Waals surface area contributed by atoms with Gasteiger partial charge in [0, 0.05) is 12.8 Å². The van der Waals surface area contributed by atoms with Crippen molar-refractivity contribution < 1.29 is 28.9 Å². The highest BCUT2D eigenvalue weighted by molar-refractivity contribution is 5.73. The van der Waals surface area contributed by atoms with Gasteiger partial charge in [-0.2, -0.15) is 5.10 Å². The number of unbranched alkanes of at least 4 members (excludes halogenated alkanes) is 12. The predicted octanol–water partition coefficient (Wildman–Crippen LogP) is 5.11. The molecule has 0 saturated carbocycles. The average molecular weight is 577 g/mol. The van der Waals surface area contributed by atoms with E-state index in [1.165, 1.54) is 55.7 Å². The van der Waals surface area contributed by atoms with Gasteiger partial charge in [-0.15, -0.1) is 0 Å². The van der Waals surface area contributed by atoms with Crippen LogP contribution in [-0.2, 0) is 23.8 Å². The SMILES string of the molecule is CCCCCCCCCC(=O)O[C@@H]1[C@H](OC(=O)CCCCCCCCC)[C@@H](CO)O[C@H]1n1ncc2c(=O)[nH]cnc21. The maximum atomic E-state index is 12.9. The lowest BCUT2D eigenvalue weighted by molar-refractivity contribution is -0.169. The predicted molar refractivity (Wildman–Crippen MR) is 154 cm³/mol. The normalized spacial score (nSPS) is 20.5. The van der Waals surface area contributed by atoms with Gasteiger partial charge in [0.05, 0.1) is 19.1 Å². The van der Waals surface area contributed by atoms with Gasteiger partial charge in [0.15, 0.2) is 24.1 Å². The van der Waals surface area contributed by atoms with Crippen molar-refractivity contribution >= 4 is 23.0 Å². The summed E-state index contributed by atoms with van der Waals surface area (Å²) in [7, 11) is 0. The lowest BCUT2D eigenvalue weighted by atomic mass is 10.1. The molecular formula is C30H48N4O7. The van der Waals surface area contributed by atoms with Gasteiger partial charge in [-0.25, -0.2) is 9.67 Å². The molecule has 2 aromatic rings. The third-order valence-electron chi connectivity index (χ3n) is 7.61. The lowest BCUT2D eigenvalue weighted by Crippen LogP contribution is -2.40. The molecule has 0 radical (unpaired) electrons. The Hall–Kier alpha value is -2.79. The van der Waals surface area contributed by atoms with Crippen molar-refractivity contribution in [1.82, 2.24) is 19.7 Å². The first-order chi connectivity index (χ1) is 20.0. The van der Waals surface area contributed by atoms with E-state index in [0.29, 0.717) is 12.8 Å². The minimum Gasteiger partial charge on any atom is -0.455 e. The first-order valence-corrected chi connectivity index (χ1v) is 15.6. The molecule has 0 spiro atoms. The van der Waals surface area contributed by atoms with E-state index in [1.807, 2.05) is 0 Å². The second-order valence-electron chi connectivity index (χ2n) is 11.0. The van der Waals surface area contributed by atoms with Crippen molar-refractivity contribution in [3.05, 3.63) is 22.9 Å². The summed E-state index contributed by atoms with van der Waals surface area (Å²) in [6, 6.07) is 0. The molecule has 11 nitrogen and oxygen atoms in total. The molecule has 0 bridgehead atoms. The van der Waals surface area contributed by atoms with E-state index in [9.17, 15) is 19.5 Å². The van der Waals surface area contributed by atoms with Gasteiger partial charge in [-0.3, -0.25) is 14.4 Å². The molecule has 0 amide bonds. The van der Waals surface area contributed by atoms with Crippen LogP contribution in [0.1, 0.15) is 123 Å². The van der Waals surface area contributed by atoms with E-state index < -0.39 is 43.1 Å². The van der Waals surface area contributed by atoms with Crippen LogP contribution >= 0.6 is 0 Å². The topological polar surface area (TPSA) is 146 Å². The molecule has 1 saturated heterocycles. The standard InChI is InChI=1S/C30H48N4O7/c1-3-5-7-9-11-13-15-17-24(36)40-26-23(20-35)39-30(34-28-22(19-33-34)29(38)32-21-31-28)27(26)41-25(37)18-16-14-12-10-8-6-4-2/h19,21,23,26-27,30,35H,3-18,20H2,1-2H3,(H,31,32,38)/t23-,26-,27-,30-/m1/s1. The van der Waals surface area contributed by atoms with Crippen LogP contribution in [0, 0.1) is 0 Å². The van der Waals surface area contributed by atoms with Crippen LogP contribution in [0.4, 0.5) is 0 Å². The fourth-order valence-electron chi connectivity index (χ4n) is 5.25. The molecule has 2 N–H and O–H groups in total. The molecule has 41 heavy (non-hydrogen) atoms. The first-order valence-electron chi connectivity index (χ1n) is 15.6. The molecule has 3 heterocycles. The highest BCUT2D eigenvalue weighted by Crippen LogP contribution is 2.35. The Bertz CT molecular complexity index is 1120. The lowest BCUT2D eigenvalue weighted by Gasteiger charge is -2.24. The molecule has 1 fully saturated rings. The highest BCUT2D eigenvalue weighted by Gasteiger charge is 2.51. The maximum absolute atomic E-state index is 12.9. The fourth-order valence-corrected chi connectivity index (χ4v) is 5.25. The Morgan fingerprint density at radius 2 is 1.41 bits per heavy atom. The summed E-state index contributed by atoms with van der Waals surface area (Å²) < 4.78 is 19.0. The van der Waals surface area contributed by atoms with E-state index in [1.54, 1.807) is 0 Å². The largest absolute Gasteiger partial charge is 0.455 e. The second-order valence-corrected chi connectivity index (χ2v) is 11.0. The molecule has 230 valence electrons. The average Bonchev–Trinajstić information content (AvgIpc) is 3.54. The number of fused-ring (bicyclic) bond motifs is 1. The number of nitrogens with zero attached hydrogens (tertiary/aromatic N) is 3. The molecule has 3 rings (SSSR count). The van der Waals surface area contributed by atoms with Crippen LogP contribution in [0.25, 0.3) is 11.0 Å². The Balaban J connectivity index is 1.67. The number of hydrogen-bond donors (Lipinski definition) is 2. The molecule has 11 heteroatoms. The van der Waals surface area contributed by atoms with Crippen LogP contribution in [0.2, 0.25) is 0 Å². The number of esters is 2. The summed E-state index contributed by atoms with van der Waals surface area (Å²) in [5.74, 6) is -0.870. The Kier molecular flexibility index (Phi) is 14.3. The smallest absolute Gasteiger partial charge is 0.306 e. The van der Waals surface area contributed by atoms with Gasteiger partial charge in [0.1, 0.15) is 11.5 Å². The summed E-state index contributed by atoms with van der Waals surface area (Å²) in [5.41, 5.74) is -0.137. The number of ether oxygens (including phenoxy) is 3. The number of aliphatic hydroxyl groups is 1. The zero-order valence-corrected chi connectivity index (χ0v) is 24.7. The minimum atomic E-state index is -1.06. The quantitative estimate of drug-likeness (QED) is 0.162. The third-order valence-corrected chi connectivity index (χ3v) is 7.61. The number of rotatable bonds is 20. The number of nitrogens with one attached hydrogen (secondary N) is 1. The molecular weight excluding hydrogens is 528 g/mol. The number of aromatic amines is 1. The number of carbonyl (C=O) groups excluding carboxylic acids is 2. The van der Waals surface area contributed by atoms with Crippen LogP contribution in [0.15, 0.2) is 17.3 Å². The van der Waals surface area contributed by atoms with Gasteiger partial charge in [-0.05, 0) is 12.8 Å². The fraction of sp³-hybridized carbons (Fsp3) is 0.767. The summed E-state index contributed by atoms with van der Waals surface area (Å²) in [6.45, 7) is 3.90. The molecule has 0 aromatic carbocycles. The molecule has 1 aliphatic heterocycles. The van der Waals surface area contributed by atoms with E-state index >= 15 is 0 Å². The Morgan fingerprint density at radius 3 is 1.98 bits per heavy atom. The van der Waals surface area contributed by atoms with Crippen LogP contribution in [-0.4, -0.2) is 61.7 Å². The number of aromatic nitrogens is 4. The van der Waals surface area contributed by atoms with Gasteiger partial charge in [0.2, 0.25) is 0 Å². The third kappa shape index (κ3) is 9.92. The number of hydrogen-bond acceptors (Lipinski definition) is 9. The van der Waals surface area contributed by atoms with Gasteiger partial charge in [0.25, 0.3) is 5.56 Å². The second kappa shape index (κ2) is 17.9. The van der Waals surface area contributed by atoms with Gasteiger partial charge in [-0.1, -0.05) is 90.9 Å². The molecule has 4 atom stereocenters. The van der Waals surface area contributed by atoms with Gasteiger partial charge >= 0.3 is 11.9 Å². The Labute approximate surface area is 242 Å². The number of H-pyrrole nitrogens is 1. The maximum Gasteiger partial charge on any atom is 0.306 e. The van der Waals surface area contributed by atoms with Crippen molar-refractivity contribution in [3.8, 4) is 0 Å². The van der Waals surface area contributed by atoms with Crippen molar-refractivity contribution in [2.24, 2.45) is 0 Å². The van der Waals surface area contributed by atoms with Crippen molar-refractivity contribution in [1.29, 1.82) is 0 Å². The van der Waals surface area contributed by atoms with Crippen LogP contribution in [0.5, 0.6) is 0 Å². The summed E-state index contributed by atoms with van der Waals surface area (Å²) in [6.07, 6.45) is 13.9. The van der Waals surface area contributed by atoms with E-state index in [-0.39, 0.29) is 29.4 Å². The zero-order valence-electron chi connectivity index (χ0n) is 24.7. The van der Waals surface area contributed by atoms with Gasteiger partial charge < -0.3 is 24.3 Å². The van der Waals surface area contributed by atoms with Crippen LogP contribution < -0.4 is 5.56 Å². The minimum absolute atomic E-state index is 0.220. The molecule has 2 aromatic heterocycles. The summed E-state index contributed by atoms with van der Waals surface area (Å²) in [4.78, 5) is 44.7.